The summed E-state index contributed by atoms with van der Waals surface area (Å²) in [6.07, 6.45) is 4.27. The van der Waals surface area contributed by atoms with E-state index >= 15 is 0 Å². The molecule has 0 aromatic rings. The average molecular weight is 285 g/mol. The number of nitrogens with one attached hydrogen (secondary N) is 2. The molecule has 0 aliphatic carbocycles. The number of likely N-dealkylation sites (tertiary alicyclic amines) is 1. The maximum Gasteiger partial charge on any atom is 0.314 e. The highest BCUT2D eigenvalue weighted by molar-refractivity contribution is 5.73. The third-order valence-electron chi connectivity index (χ3n) is 3.84. The first-order chi connectivity index (χ1) is 9.39. The van der Waals surface area contributed by atoms with Crippen molar-refractivity contribution in [3.8, 4) is 0 Å². The van der Waals surface area contributed by atoms with Crippen molar-refractivity contribution in [1.82, 2.24) is 15.5 Å². The van der Waals surface area contributed by atoms with Crippen molar-refractivity contribution in [2.75, 3.05) is 32.7 Å². The molecule has 1 rings (SSSR count). The third-order valence-corrected chi connectivity index (χ3v) is 3.84. The average Bonchev–Trinajstić information content (AvgIpc) is 2.87. The van der Waals surface area contributed by atoms with E-state index in [2.05, 4.69) is 15.5 Å². The molecule has 0 aromatic carbocycles. The van der Waals surface area contributed by atoms with Crippen molar-refractivity contribution in [2.45, 2.75) is 52.6 Å². The highest BCUT2D eigenvalue weighted by Crippen LogP contribution is 2.17. The molecule has 5 nitrogen and oxygen atoms in total. The summed E-state index contributed by atoms with van der Waals surface area (Å²) in [4.78, 5) is 14.0. The molecule has 2 amide bonds. The molecular weight excluding hydrogens is 254 g/mol. The first kappa shape index (κ1) is 17.2. The van der Waals surface area contributed by atoms with E-state index < -0.39 is 6.10 Å². The van der Waals surface area contributed by atoms with Crippen LogP contribution in [0.2, 0.25) is 0 Å². The predicted molar refractivity (Wildman–Crippen MR) is 81.8 cm³/mol. The zero-order valence-electron chi connectivity index (χ0n) is 13.2. The van der Waals surface area contributed by atoms with Gasteiger partial charge in [-0.05, 0) is 50.7 Å². The van der Waals surface area contributed by atoms with Crippen molar-refractivity contribution >= 4 is 6.03 Å². The molecule has 5 heteroatoms. The number of nitrogens with zero attached hydrogens (tertiary/aromatic N) is 1. The lowest BCUT2D eigenvalue weighted by Gasteiger charge is -2.25. The van der Waals surface area contributed by atoms with Crippen LogP contribution in [0.15, 0.2) is 0 Å². The quantitative estimate of drug-likeness (QED) is 0.622. The molecule has 0 saturated carbocycles. The minimum atomic E-state index is -0.525. The first-order valence-electron chi connectivity index (χ1n) is 7.82. The van der Waals surface area contributed by atoms with Crippen molar-refractivity contribution < 1.29 is 9.90 Å². The molecule has 1 fully saturated rings. The van der Waals surface area contributed by atoms with Gasteiger partial charge in [-0.2, -0.15) is 0 Å². The largest absolute Gasteiger partial charge is 0.391 e. The molecule has 118 valence electrons. The number of carbonyl (C=O) groups excluding carboxylic acids is 1. The first-order valence-corrected chi connectivity index (χ1v) is 7.82. The number of carbonyl (C=O) groups is 1. The van der Waals surface area contributed by atoms with Crippen LogP contribution in [0.5, 0.6) is 0 Å². The van der Waals surface area contributed by atoms with Gasteiger partial charge in [0.05, 0.1) is 6.10 Å². The number of rotatable bonds is 7. The van der Waals surface area contributed by atoms with Gasteiger partial charge in [0.1, 0.15) is 0 Å². The lowest BCUT2D eigenvalue weighted by Crippen LogP contribution is -2.43. The van der Waals surface area contributed by atoms with Gasteiger partial charge >= 0.3 is 6.03 Å². The highest BCUT2D eigenvalue weighted by Gasteiger charge is 2.22. The second-order valence-corrected chi connectivity index (χ2v) is 6.77. The van der Waals surface area contributed by atoms with Gasteiger partial charge in [-0.25, -0.2) is 4.79 Å². The Morgan fingerprint density at radius 1 is 1.20 bits per heavy atom. The van der Waals surface area contributed by atoms with Gasteiger partial charge in [0.15, 0.2) is 0 Å². The van der Waals surface area contributed by atoms with E-state index in [1.54, 1.807) is 0 Å². The fourth-order valence-corrected chi connectivity index (χ4v) is 2.23. The second-order valence-electron chi connectivity index (χ2n) is 6.77. The number of urea groups is 1. The van der Waals surface area contributed by atoms with Crippen molar-refractivity contribution in [1.29, 1.82) is 0 Å². The lowest BCUT2D eigenvalue weighted by atomic mass is 9.89. The molecule has 1 aliphatic rings. The van der Waals surface area contributed by atoms with Crippen molar-refractivity contribution in [2.24, 2.45) is 5.41 Å². The normalized spacial score (nSPS) is 18.0. The maximum absolute atomic E-state index is 11.6. The van der Waals surface area contributed by atoms with Gasteiger partial charge < -0.3 is 20.6 Å². The van der Waals surface area contributed by atoms with Crippen LogP contribution in [-0.2, 0) is 0 Å². The van der Waals surface area contributed by atoms with Gasteiger partial charge in [0, 0.05) is 13.1 Å². The van der Waals surface area contributed by atoms with E-state index in [1.165, 1.54) is 25.9 Å². The summed E-state index contributed by atoms with van der Waals surface area (Å²) in [6, 6.07) is -0.186. The maximum atomic E-state index is 11.6. The predicted octanol–water partition coefficient (Wildman–Crippen LogP) is 1.57. The van der Waals surface area contributed by atoms with Crippen LogP contribution in [0.1, 0.15) is 46.5 Å². The number of hydrogen-bond acceptors (Lipinski definition) is 3. The Balaban J connectivity index is 1.97. The summed E-state index contributed by atoms with van der Waals surface area (Å²) in [5.41, 5.74) is -0.205. The number of aliphatic hydroxyl groups excluding tert-OH is 1. The summed E-state index contributed by atoms with van der Waals surface area (Å²) in [5.74, 6) is 0. The molecule has 1 heterocycles. The van der Waals surface area contributed by atoms with Crippen LogP contribution in [0.3, 0.4) is 0 Å². The van der Waals surface area contributed by atoms with Gasteiger partial charge in [-0.3, -0.25) is 0 Å². The number of hydrogen-bond donors (Lipinski definition) is 3. The topological polar surface area (TPSA) is 64.6 Å². The number of amides is 2. The molecule has 1 saturated heterocycles. The van der Waals surface area contributed by atoms with Crippen LogP contribution in [0.25, 0.3) is 0 Å². The Kier molecular flexibility index (Phi) is 7.30. The second kappa shape index (κ2) is 8.47. The van der Waals surface area contributed by atoms with E-state index in [4.69, 9.17) is 0 Å². The minimum absolute atomic E-state index is 0.186. The molecule has 0 bridgehead atoms. The summed E-state index contributed by atoms with van der Waals surface area (Å²) >= 11 is 0. The Morgan fingerprint density at radius 3 is 2.45 bits per heavy atom. The summed E-state index contributed by atoms with van der Waals surface area (Å²) in [5, 5.41) is 15.4. The summed E-state index contributed by atoms with van der Waals surface area (Å²) in [7, 11) is 0. The molecule has 20 heavy (non-hydrogen) atoms. The molecule has 1 unspecified atom stereocenters. The zero-order chi connectivity index (χ0) is 15.0. The van der Waals surface area contributed by atoms with E-state index in [0.717, 1.165) is 19.4 Å². The molecule has 0 spiro atoms. The minimum Gasteiger partial charge on any atom is -0.391 e. The molecule has 1 aliphatic heterocycles. The molecular formula is C15H31N3O2. The fourth-order valence-electron chi connectivity index (χ4n) is 2.23. The standard InChI is InChI=1S/C15H31N3O2/c1-15(2,3)13(19)12-17-14(20)16-8-4-5-9-18-10-6-7-11-18/h13,19H,4-12H2,1-3H3,(H2,16,17,20). The molecule has 0 radical (unpaired) electrons. The summed E-state index contributed by atoms with van der Waals surface area (Å²) < 4.78 is 0. The van der Waals surface area contributed by atoms with Crippen LogP contribution in [-0.4, -0.2) is 54.9 Å². The van der Waals surface area contributed by atoms with Crippen LogP contribution in [0.4, 0.5) is 4.79 Å². The van der Waals surface area contributed by atoms with Gasteiger partial charge in [-0.15, -0.1) is 0 Å². The Hall–Kier alpha value is -0.810. The Labute approximate surface area is 123 Å². The highest BCUT2D eigenvalue weighted by atomic mass is 16.3. The SMILES string of the molecule is CC(C)(C)C(O)CNC(=O)NCCCCN1CCCC1. The van der Waals surface area contributed by atoms with E-state index in [0.29, 0.717) is 13.1 Å². The van der Waals surface area contributed by atoms with E-state index in [9.17, 15) is 9.90 Å². The number of aliphatic hydroxyl groups is 1. The Bertz CT molecular complexity index is 283. The lowest BCUT2D eigenvalue weighted by molar-refractivity contribution is 0.0650. The smallest absolute Gasteiger partial charge is 0.314 e. The Morgan fingerprint density at radius 2 is 1.85 bits per heavy atom. The molecule has 1 atom stereocenters. The van der Waals surface area contributed by atoms with Crippen molar-refractivity contribution in [3.63, 3.8) is 0 Å². The zero-order valence-corrected chi connectivity index (χ0v) is 13.2. The van der Waals surface area contributed by atoms with Crippen LogP contribution < -0.4 is 10.6 Å². The van der Waals surface area contributed by atoms with Crippen molar-refractivity contribution in [3.05, 3.63) is 0 Å². The van der Waals surface area contributed by atoms with Crippen LogP contribution >= 0.6 is 0 Å². The fraction of sp³-hybridized carbons (Fsp3) is 0.933. The monoisotopic (exact) mass is 285 g/mol. The summed E-state index contributed by atoms with van der Waals surface area (Å²) in [6.45, 7) is 10.5. The molecule has 3 N–H and O–H groups in total. The van der Waals surface area contributed by atoms with Gasteiger partial charge in [0.2, 0.25) is 0 Å². The number of unbranched alkanes of at least 4 members (excludes halogenated alkanes) is 1. The van der Waals surface area contributed by atoms with Gasteiger partial charge in [0.25, 0.3) is 0 Å². The van der Waals surface area contributed by atoms with Gasteiger partial charge in [-0.1, -0.05) is 20.8 Å². The third kappa shape index (κ3) is 7.10. The molecule has 0 aromatic heterocycles. The van der Waals surface area contributed by atoms with Crippen LogP contribution in [0, 0.1) is 5.41 Å². The van der Waals surface area contributed by atoms with E-state index in [-0.39, 0.29) is 11.4 Å². The van der Waals surface area contributed by atoms with E-state index in [1.807, 2.05) is 20.8 Å².